The summed E-state index contributed by atoms with van der Waals surface area (Å²) in [5.41, 5.74) is 1.59. The van der Waals surface area contributed by atoms with Crippen LogP contribution in [0.15, 0.2) is 42.7 Å². The lowest BCUT2D eigenvalue weighted by Crippen LogP contribution is -2.55. The van der Waals surface area contributed by atoms with Crippen molar-refractivity contribution in [3.05, 3.63) is 42.7 Å². The number of carbonyl (C=O) groups excluding carboxylic acids is 2. The van der Waals surface area contributed by atoms with Crippen LogP contribution in [0.25, 0.3) is 5.69 Å². The molecule has 2 aromatic rings. The van der Waals surface area contributed by atoms with Crippen LogP contribution in [0.2, 0.25) is 0 Å². The Morgan fingerprint density at radius 3 is 2.74 bits per heavy atom. The van der Waals surface area contributed by atoms with Gasteiger partial charge in [0.25, 0.3) is 0 Å². The Morgan fingerprint density at radius 1 is 1.26 bits per heavy atom. The summed E-state index contributed by atoms with van der Waals surface area (Å²) in [4.78, 5) is 27.9. The fourth-order valence-electron chi connectivity index (χ4n) is 3.19. The summed E-state index contributed by atoms with van der Waals surface area (Å²) in [6.07, 6.45) is 3.81. The number of amides is 2. The number of hydrogen-bond acceptors (Lipinski definition) is 5. The summed E-state index contributed by atoms with van der Waals surface area (Å²) in [7, 11) is 1.40. The van der Waals surface area contributed by atoms with Gasteiger partial charge in [-0.3, -0.25) is 9.69 Å². The molecule has 0 unspecified atom stereocenters. The molecule has 2 amide bonds. The van der Waals surface area contributed by atoms with Crippen molar-refractivity contribution in [1.29, 1.82) is 0 Å². The maximum atomic E-state index is 12.6. The first-order chi connectivity index (χ1) is 13.1. The Kier molecular flexibility index (Phi) is 6.08. The van der Waals surface area contributed by atoms with Gasteiger partial charge in [0.05, 0.1) is 37.3 Å². The second-order valence-electron chi connectivity index (χ2n) is 6.61. The number of hydrogen-bond donors (Lipinski definition) is 1. The molecule has 144 valence electrons. The molecule has 0 radical (unpaired) electrons. The second-order valence-corrected chi connectivity index (χ2v) is 6.61. The van der Waals surface area contributed by atoms with Crippen LogP contribution in [-0.2, 0) is 9.53 Å². The largest absolute Gasteiger partial charge is 0.469 e. The van der Waals surface area contributed by atoms with Crippen molar-refractivity contribution in [2.45, 2.75) is 19.4 Å². The predicted molar refractivity (Wildman–Crippen MR) is 102 cm³/mol. The third kappa shape index (κ3) is 4.85. The van der Waals surface area contributed by atoms with E-state index in [9.17, 15) is 9.59 Å². The Bertz CT molecular complexity index is 777. The van der Waals surface area contributed by atoms with Gasteiger partial charge in [0.15, 0.2) is 0 Å². The molecule has 1 saturated heterocycles. The summed E-state index contributed by atoms with van der Waals surface area (Å²) in [6.45, 7) is 4.74. The van der Waals surface area contributed by atoms with Crippen molar-refractivity contribution in [2.24, 2.45) is 0 Å². The molecule has 1 atom stereocenters. The highest BCUT2D eigenvalue weighted by molar-refractivity contribution is 5.89. The van der Waals surface area contributed by atoms with Crippen LogP contribution in [0, 0.1) is 0 Å². The molecule has 8 nitrogen and oxygen atoms in total. The molecule has 0 saturated carbocycles. The number of piperazine rings is 1. The second kappa shape index (κ2) is 8.68. The van der Waals surface area contributed by atoms with E-state index >= 15 is 0 Å². The quantitative estimate of drug-likeness (QED) is 0.813. The van der Waals surface area contributed by atoms with Crippen molar-refractivity contribution in [1.82, 2.24) is 19.6 Å². The third-order valence-electron chi connectivity index (χ3n) is 4.69. The number of carbonyl (C=O) groups is 2. The standard InChI is InChI=1S/C19H25N5O3/c1-15-13-22(9-8-18(25)27-2)10-11-23(15)19(26)21-16-12-20-24(14-16)17-6-4-3-5-7-17/h3-7,12,14-15H,8-11,13H2,1-2H3,(H,21,26)/t15-/m0/s1. The van der Waals surface area contributed by atoms with Gasteiger partial charge in [-0.25, -0.2) is 9.48 Å². The van der Waals surface area contributed by atoms with E-state index in [4.69, 9.17) is 0 Å². The van der Waals surface area contributed by atoms with Crippen LogP contribution in [0.3, 0.4) is 0 Å². The van der Waals surface area contributed by atoms with Crippen molar-refractivity contribution in [3.8, 4) is 5.69 Å². The minimum Gasteiger partial charge on any atom is -0.469 e. The lowest BCUT2D eigenvalue weighted by atomic mass is 10.2. The van der Waals surface area contributed by atoms with E-state index < -0.39 is 0 Å². The molecule has 1 N–H and O–H groups in total. The summed E-state index contributed by atoms with van der Waals surface area (Å²) in [5, 5.41) is 7.21. The summed E-state index contributed by atoms with van der Waals surface area (Å²) in [5.74, 6) is -0.210. The number of benzene rings is 1. The minimum atomic E-state index is -0.210. The summed E-state index contributed by atoms with van der Waals surface area (Å²) < 4.78 is 6.41. The van der Waals surface area contributed by atoms with Gasteiger partial charge in [-0.2, -0.15) is 5.10 Å². The van der Waals surface area contributed by atoms with Gasteiger partial charge < -0.3 is 15.0 Å². The maximum absolute atomic E-state index is 12.6. The number of urea groups is 1. The number of aromatic nitrogens is 2. The van der Waals surface area contributed by atoms with Crippen LogP contribution < -0.4 is 5.32 Å². The molecule has 27 heavy (non-hydrogen) atoms. The number of nitrogens with one attached hydrogen (secondary N) is 1. The Labute approximate surface area is 158 Å². The monoisotopic (exact) mass is 371 g/mol. The average Bonchev–Trinajstić information content (AvgIpc) is 3.15. The molecular formula is C19H25N5O3. The molecular weight excluding hydrogens is 346 g/mol. The number of esters is 1. The molecule has 1 fully saturated rings. The summed E-state index contributed by atoms with van der Waals surface area (Å²) >= 11 is 0. The van der Waals surface area contributed by atoms with E-state index in [-0.39, 0.29) is 18.0 Å². The van der Waals surface area contributed by atoms with E-state index in [0.717, 1.165) is 18.8 Å². The molecule has 0 bridgehead atoms. The fourth-order valence-corrected chi connectivity index (χ4v) is 3.19. The Balaban J connectivity index is 1.53. The highest BCUT2D eigenvalue weighted by atomic mass is 16.5. The van der Waals surface area contributed by atoms with Gasteiger partial charge in [-0.1, -0.05) is 18.2 Å². The van der Waals surface area contributed by atoms with Crippen LogP contribution in [0.5, 0.6) is 0 Å². The van der Waals surface area contributed by atoms with Crippen molar-refractivity contribution in [3.63, 3.8) is 0 Å². The van der Waals surface area contributed by atoms with Gasteiger partial charge in [-0.05, 0) is 19.1 Å². The summed E-state index contributed by atoms with van der Waals surface area (Å²) in [6, 6.07) is 9.65. The van der Waals surface area contributed by atoms with Crippen molar-refractivity contribution in [2.75, 3.05) is 38.6 Å². The fraction of sp³-hybridized carbons (Fsp3) is 0.421. The zero-order chi connectivity index (χ0) is 19.2. The van der Waals surface area contributed by atoms with Gasteiger partial charge in [0.1, 0.15) is 0 Å². The number of para-hydroxylation sites is 1. The third-order valence-corrected chi connectivity index (χ3v) is 4.69. The normalized spacial score (nSPS) is 17.6. The lowest BCUT2D eigenvalue weighted by molar-refractivity contribution is -0.141. The van der Waals surface area contributed by atoms with E-state index in [0.29, 0.717) is 25.2 Å². The number of anilines is 1. The molecule has 3 rings (SSSR count). The van der Waals surface area contributed by atoms with Crippen molar-refractivity contribution < 1.29 is 14.3 Å². The molecule has 1 aliphatic heterocycles. The van der Waals surface area contributed by atoms with Gasteiger partial charge in [0.2, 0.25) is 0 Å². The van der Waals surface area contributed by atoms with E-state index in [2.05, 4.69) is 20.1 Å². The topological polar surface area (TPSA) is 79.7 Å². The van der Waals surface area contributed by atoms with Crippen molar-refractivity contribution >= 4 is 17.7 Å². The zero-order valence-electron chi connectivity index (χ0n) is 15.7. The predicted octanol–water partition coefficient (Wildman–Crippen LogP) is 1.97. The maximum Gasteiger partial charge on any atom is 0.322 e. The smallest absolute Gasteiger partial charge is 0.322 e. The van der Waals surface area contributed by atoms with Gasteiger partial charge >= 0.3 is 12.0 Å². The Morgan fingerprint density at radius 2 is 2.04 bits per heavy atom. The number of rotatable bonds is 5. The number of nitrogens with zero attached hydrogens (tertiary/aromatic N) is 4. The first-order valence-electron chi connectivity index (χ1n) is 9.03. The van der Waals surface area contributed by atoms with E-state index in [1.165, 1.54) is 7.11 Å². The van der Waals surface area contributed by atoms with Crippen LogP contribution in [-0.4, -0.2) is 70.9 Å². The van der Waals surface area contributed by atoms with Gasteiger partial charge in [-0.15, -0.1) is 0 Å². The highest BCUT2D eigenvalue weighted by Crippen LogP contribution is 2.15. The molecule has 1 aromatic carbocycles. The molecule has 0 spiro atoms. The highest BCUT2D eigenvalue weighted by Gasteiger charge is 2.27. The lowest BCUT2D eigenvalue weighted by Gasteiger charge is -2.39. The molecule has 1 aliphatic rings. The van der Waals surface area contributed by atoms with Crippen LogP contribution in [0.4, 0.5) is 10.5 Å². The van der Waals surface area contributed by atoms with Crippen LogP contribution in [0.1, 0.15) is 13.3 Å². The van der Waals surface area contributed by atoms with E-state index in [1.54, 1.807) is 17.1 Å². The number of ether oxygens (including phenoxy) is 1. The average molecular weight is 371 g/mol. The first kappa shape index (κ1) is 18.9. The molecule has 0 aliphatic carbocycles. The first-order valence-corrected chi connectivity index (χ1v) is 9.03. The SMILES string of the molecule is COC(=O)CCN1CCN(C(=O)Nc2cnn(-c3ccccc3)c2)[C@@H](C)C1. The molecule has 8 heteroatoms. The Hall–Kier alpha value is -2.87. The minimum absolute atomic E-state index is 0.0561. The van der Waals surface area contributed by atoms with Crippen LogP contribution >= 0.6 is 0 Å². The zero-order valence-corrected chi connectivity index (χ0v) is 15.7. The molecule has 2 heterocycles. The number of methoxy groups -OCH3 is 1. The van der Waals surface area contributed by atoms with E-state index in [1.807, 2.05) is 42.2 Å². The van der Waals surface area contributed by atoms with Gasteiger partial charge in [0, 0.05) is 32.2 Å². The molecule has 1 aromatic heterocycles.